The number of benzene rings is 1. The van der Waals surface area contributed by atoms with Crippen LogP contribution in [0.1, 0.15) is 23.0 Å². The number of rotatable bonds is 6. The first-order valence-electron chi connectivity index (χ1n) is 7.82. The average molecular weight is 378 g/mol. The molecule has 3 rings (SSSR count). The molecule has 0 aliphatic heterocycles. The summed E-state index contributed by atoms with van der Waals surface area (Å²) in [7, 11) is 0. The summed E-state index contributed by atoms with van der Waals surface area (Å²) in [6, 6.07) is 6.16. The lowest BCUT2D eigenvalue weighted by atomic mass is 10.2. The van der Waals surface area contributed by atoms with Gasteiger partial charge < -0.3 is 4.74 Å². The molecule has 1 aromatic carbocycles. The second-order valence-corrected chi connectivity index (χ2v) is 6.21. The second kappa shape index (κ2) is 7.61. The van der Waals surface area contributed by atoms with Crippen molar-refractivity contribution in [3.8, 4) is 17.0 Å². The van der Waals surface area contributed by atoms with E-state index in [1.807, 2.05) is 13.8 Å². The van der Waals surface area contributed by atoms with E-state index in [-0.39, 0.29) is 11.7 Å². The molecule has 1 N–H and O–H groups in total. The maximum absolute atomic E-state index is 12.4. The van der Waals surface area contributed by atoms with E-state index < -0.39 is 6.61 Å². The summed E-state index contributed by atoms with van der Waals surface area (Å²) in [5.41, 5.74) is 2.65. The van der Waals surface area contributed by atoms with Gasteiger partial charge in [-0.3, -0.25) is 14.8 Å². The molecular weight excluding hydrogens is 362 g/mol. The summed E-state index contributed by atoms with van der Waals surface area (Å²) < 4.78 is 30.4. The van der Waals surface area contributed by atoms with Gasteiger partial charge in [0.25, 0.3) is 5.91 Å². The predicted octanol–water partition coefficient (Wildman–Crippen LogP) is 4.19. The Labute approximate surface area is 152 Å². The fourth-order valence-corrected chi connectivity index (χ4v) is 3.14. The highest BCUT2D eigenvalue weighted by molar-refractivity contribution is 7.14. The Balaban J connectivity index is 1.71. The first-order valence-corrected chi connectivity index (χ1v) is 8.70. The summed E-state index contributed by atoms with van der Waals surface area (Å²) in [6.07, 6.45) is 1.53. The molecule has 0 saturated heterocycles. The van der Waals surface area contributed by atoms with Gasteiger partial charge >= 0.3 is 6.61 Å². The standard InChI is InChI=1S/C17H16F2N4O2S/c1-3-23-10(2)13(8-20-23)15(24)22-17-21-14(9-26-17)11-4-6-12(7-5-11)25-16(18)19/h4-9,16H,3H2,1-2H3,(H,21,22,24). The van der Waals surface area contributed by atoms with Crippen LogP contribution in [0.2, 0.25) is 0 Å². The third-order valence-electron chi connectivity index (χ3n) is 3.75. The van der Waals surface area contributed by atoms with Crippen LogP contribution in [0.4, 0.5) is 13.9 Å². The predicted molar refractivity (Wildman–Crippen MR) is 94.8 cm³/mol. The zero-order chi connectivity index (χ0) is 18.7. The van der Waals surface area contributed by atoms with Crippen LogP contribution < -0.4 is 10.1 Å². The molecule has 0 fully saturated rings. The molecule has 0 radical (unpaired) electrons. The Kier molecular flexibility index (Phi) is 5.27. The summed E-state index contributed by atoms with van der Waals surface area (Å²) in [4.78, 5) is 16.7. The monoisotopic (exact) mass is 378 g/mol. The number of nitrogens with zero attached hydrogens (tertiary/aromatic N) is 3. The number of hydrogen-bond donors (Lipinski definition) is 1. The second-order valence-electron chi connectivity index (χ2n) is 5.35. The summed E-state index contributed by atoms with van der Waals surface area (Å²) in [6.45, 7) is 1.61. The van der Waals surface area contributed by atoms with Crippen LogP contribution in [0.5, 0.6) is 5.75 Å². The molecule has 1 amide bonds. The van der Waals surface area contributed by atoms with Gasteiger partial charge in [-0.25, -0.2) is 4.98 Å². The largest absolute Gasteiger partial charge is 0.435 e. The molecule has 2 heterocycles. The van der Waals surface area contributed by atoms with E-state index in [9.17, 15) is 13.6 Å². The molecule has 0 spiro atoms. The van der Waals surface area contributed by atoms with Crippen LogP contribution in [0, 0.1) is 6.92 Å². The van der Waals surface area contributed by atoms with E-state index >= 15 is 0 Å². The number of aryl methyl sites for hydroxylation is 1. The number of halogens is 2. The van der Waals surface area contributed by atoms with E-state index in [1.54, 1.807) is 22.2 Å². The lowest BCUT2D eigenvalue weighted by molar-refractivity contribution is -0.0498. The van der Waals surface area contributed by atoms with Crippen molar-refractivity contribution < 1.29 is 18.3 Å². The van der Waals surface area contributed by atoms with E-state index in [4.69, 9.17) is 0 Å². The SMILES string of the molecule is CCn1ncc(C(=O)Nc2nc(-c3ccc(OC(F)F)cc3)cs2)c1C. The number of aromatic nitrogens is 3. The topological polar surface area (TPSA) is 69.0 Å². The van der Waals surface area contributed by atoms with E-state index in [0.29, 0.717) is 22.9 Å². The van der Waals surface area contributed by atoms with Crippen LogP contribution in [0.15, 0.2) is 35.8 Å². The lowest BCUT2D eigenvalue weighted by Gasteiger charge is -2.04. The highest BCUT2D eigenvalue weighted by Gasteiger charge is 2.15. The number of ether oxygens (including phenoxy) is 1. The van der Waals surface area contributed by atoms with Crippen molar-refractivity contribution in [1.82, 2.24) is 14.8 Å². The van der Waals surface area contributed by atoms with Gasteiger partial charge in [-0.2, -0.15) is 13.9 Å². The average Bonchev–Trinajstić information content (AvgIpc) is 3.21. The molecule has 9 heteroatoms. The van der Waals surface area contributed by atoms with Gasteiger partial charge in [0.15, 0.2) is 5.13 Å². The van der Waals surface area contributed by atoms with Gasteiger partial charge in [-0.05, 0) is 38.1 Å². The van der Waals surface area contributed by atoms with Crippen molar-refractivity contribution in [2.75, 3.05) is 5.32 Å². The number of carbonyl (C=O) groups excluding carboxylic acids is 1. The van der Waals surface area contributed by atoms with Gasteiger partial charge in [0.1, 0.15) is 5.75 Å². The highest BCUT2D eigenvalue weighted by atomic mass is 32.1. The normalized spacial score (nSPS) is 11.0. The minimum absolute atomic E-state index is 0.0796. The molecule has 0 unspecified atom stereocenters. The number of amides is 1. The molecule has 136 valence electrons. The molecule has 0 bridgehead atoms. The number of carbonyl (C=O) groups is 1. The lowest BCUT2D eigenvalue weighted by Crippen LogP contribution is -2.13. The van der Waals surface area contributed by atoms with Crippen LogP contribution in [0.25, 0.3) is 11.3 Å². The molecule has 2 aromatic heterocycles. The smallest absolute Gasteiger partial charge is 0.387 e. The number of nitrogens with one attached hydrogen (secondary N) is 1. The zero-order valence-corrected chi connectivity index (χ0v) is 14.9. The quantitative estimate of drug-likeness (QED) is 0.698. The third kappa shape index (κ3) is 3.88. The van der Waals surface area contributed by atoms with Crippen molar-refractivity contribution in [1.29, 1.82) is 0 Å². The van der Waals surface area contributed by atoms with Crippen LogP contribution in [0.3, 0.4) is 0 Å². The van der Waals surface area contributed by atoms with Crippen molar-refractivity contribution in [2.24, 2.45) is 0 Å². The Morgan fingerprint density at radius 2 is 2.08 bits per heavy atom. The van der Waals surface area contributed by atoms with Crippen molar-refractivity contribution in [2.45, 2.75) is 27.0 Å². The molecule has 3 aromatic rings. The van der Waals surface area contributed by atoms with Gasteiger partial charge in [0.05, 0.1) is 17.5 Å². The molecule has 26 heavy (non-hydrogen) atoms. The Morgan fingerprint density at radius 1 is 1.35 bits per heavy atom. The van der Waals surface area contributed by atoms with Crippen molar-refractivity contribution >= 4 is 22.4 Å². The number of thiazole rings is 1. The third-order valence-corrected chi connectivity index (χ3v) is 4.50. The van der Waals surface area contributed by atoms with Crippen LogP contribution >= 0.6 is 11.3 Å². The summed E-state index contributed by atoms with van der Waals surface area (Å²) in [5.74, 6) is -0.195. The van der Waals surface area contributed by atoms with Crippen molar-refractivity contribution in [3.63, 3.8) is 0 Å². The van der Waals surface area contributed by atoms with Gasteiger partial charge in [0.2, 0.25) is 0 Å². The van der Waals surface area contributed by atoms with Crippen molar-refractivity contribution in [3.05, 3.63) is 47.1 Å². The maximum atomic E-state index is 12.4. The van der Waals surface area contributed by atoms with Crippen LogP contribution in [-0.2, 0) is 6.54 Å². The Hall–Kier alpha value is -2.81. The van der Waals surface area contributed by atoms with E-state index in [0.717, 1.165) is 11.3 Å². The number of alkyl halides is 2. The van der Waals surface area contributed by atoms with E-state index in [1.165, 1.54) is 29.7 Å². The van der Waals surface area contributed by atoms with E-state index in [2.05, 4.69) is 20.1 Å². The zero-order valence-electron chi connectivity index (χ0n) is 14.1. The van der Waals surface area contributed by atoms with Gasteiger partial charge in [0, 0.05) is 23.2 Å². The van der Waals surface area contributed by atoms with Crippen LogP contribution in [-0.4, -0.2) is 27.3 Å². The summed E-state index contributed by atoms with van der Waals surface area (Å²) in [5, 5.41) is 9.13. The number of anilines is 1. The maximum Gasteiger partial charge on any atom is 0.387 e. The minimum Gasteiger partial charge on any atom is -0.435 e. The molecule has 0 saturated carbocycles. The fraction of sp³-hybridized carbons (Fsp3) is 0.235. The first-order chi connectivity index (χ1) is 12.5. The Bertz CT molecular complexity index is 906. The Morgan fingerprint density at radius 3 is 2.69 bits per heavy atom. The molecule has 0 aliphatic rings. The first kappa shape index (κ1) is 18.0. The van der Waals surface area contributed by atoms with Gasteiger partial charge in [-0.1, -0.05) is 0 Å². The molecule has 0 aliphatic carbocycles. The molecule has 6 nitrogen and oxygen atoms in total. The van der Waals surface area contributed by atoms with Gasteiger partial charge in [-0.15, -0.1) is 11.3 Å². The fourth-order valence-electron chi connectivity index (χ4n) is 2.42. The highest BCUT2D eigenvalue weighted by Crippen LogP contribution is 2.27. The molecule has 0 atom stereocenters. The molecular formula is C17H16F2N4O2S. The summed E-state index contributed by atoms with van der Waals surface area (Å²) >= 11 is 1.28. The number of hydrogen-bond acceptors (Lipinski definition) is 5. The minimum atomic E-state index is -2.86.